The minimum atomic E-state index is -0.471. The van der Waals surface area contributed by atoms with Gasteiger partial charge in [-0.3, -0.25) is 4.79 Å². The van der Waals surface area contributed by atoms with Crippen molar-refractivity contribution in [2.24, 2.45) is 0 Å². The summed E-state index contributed by atoms with van der Waals surface area (Å²) < 4.78 is 2.14. The lowest BCUT2D eigenvalue weighted by Crippen LogP contribution is -2.27. The molecule has 1 amide bonds. The van der Waals surface area contributed by atoms with Gasteiger partial charge in [0.1, 0.15) is 5.82 Å². The molecule has 2 aromatic carbocycles. The molecular weight excluding hydrogens is 397 g/mol. The molecule has 0 radical (unpaired) electrons. The summed E-state index contributed by atoms with van der Waals surface area (Å²) in [6, 6.07) is 13.6. The maximum Gasteiger partial charge on any atom is 0.220 e. The molecule has 1 atom stereocenters. The van der Waals surface area contributed by atoms with Gasteiger partial charge in [-0.2, -0.15) is 0 Å². The van der Waals surface area contributed by atoms with Crippen molar-refractivity contribution in [2.75, 3.05) is 6.54 Å². The van der Waals surface area contributed by atoms with Gasteiger partial charge in [0.05, 0.1) is 27.2 Å². The van der Waals surface area contributed by atoms with Crippen molar-refractivity contribution < 1.29 is 9.90 Å². The number of para-hydroxylation sites is 2. The van der Waals surface area contributed by atoms with Crippen LogP contribution in [0.1, 0.15) is 31.2 Å². The van der Waals surface area contributed by atoms with Crippen molar-refractivity contribution in [1.29, 1.82) is 0 Å². The molecule has 1 aromatic heterocycles. The molecule has 7 heteroatoms. The smallest absolute Gasteiger partial charge is 0.220 e. The fourth-order valence-electron chi connectivity index (χ4n) is 3.06. The Morgan fingerprint density at radius 2 is 2.00 bits per heavy atom. The first-order chi connectivity index (χ1) is 13.4. The Labute approximate surface area is 174 Å². The average Bonchev–Trinajstić information content (AvgIpc) is 3.00. The first-order valence-corrected chi connectivity index (χ1v) is 10.0. The Balaban J connectivity index is 1.75. The van der Waals surface area contributed by atoms with Gasteiger partial charge in [0.2, 0.25) is 5.91 Å². The molecule has 0 spiro atoms. The molecule has 2 N–H and O–H groups in total. The number of aromatic nitrogens is 2. The highest BCUT2D eigenvalue weighted by atomic mass is 35.5. The van der Waals surface area contributed by atoms with Crippen LogP contribution in [0.4, 0.5) is 0 Å². The second-order valence-corrected chi connectivity index (χ2v) is 7.65. The number of carbonyl (C=O) groups is 1. The van der Waals surface area contributed by atoms with Crippen molar-refractivity contribution in [1.82, 2.24) is 14.9 Å². The Morgan fingerprint density at radius 3 is 2.75 bits per heavy atom. The number of aliphatic hydroxyl groups is 1. The van der Waals surface area contributed by atoms with E-state index in [0.29, 0.717) is 42.4 Å². The van der Waals surface area contributed by atoms with Gasteiger partial charge in [0.25, 0.3) is 0 Å². The van der Waals surface area contributed by atoms with Gasteiger partial charge >= 0.3 is 0 Å². The largest absolute Gasteiger partial charge is 0.393 e. The third kappa shape index (κ3) is 5.25. The maximum absolute atomic E-state index is 11.9. The first-order valence-electron chi connectivity index (χ1n) is 9.27. The summed E-state index contributed by atoms with van der Waals surface area (Å²) in [7, 11) is 0. The third-order valence-electron chi connectivity index (χ3n) is 4.52. The second-order valence-electron chi connectivity index (χ2n) is 6.84. The lowest BCUT2D eigenvalue weighted by atomic mass is 10.2. The molecule has 0 aliphatic rings. The number of hydrogen-bond donors (Lipinski definition) is 2. The van der Waals surface area contributed by atoms with Crippen LogP contribution in [-0.4, -0.2) is 33.2 Å². The minimum absolute atomic E-state index is 0.0620. The molecule has 0 fully saturated rings. The van der Waals surface area contributed by atoms with Crippen LogP contribution in [0.15, 0.2) is 42.5 Å². The van der Waals surface area contributed by atoms with Gasteiger partial charge in [-0.05, 0) is 43.2 Å². The number of fused-ring (bicyclic) bond motifs is 1. The van der Waals surface area contributed by atoms with E-state index in [4.69, 9.17) is 28.2 Å². The monoisotopic (exact) mass is 419 g/mol. The van der Waals surface area contributed by atoms with E-state index >= 15 is 0 Å². The summed E-state index contributed by atoms with van der Waals surface area (Å²) in [5, 5.41) is 13.2. The summed E-state index contributed by atoms with van der Waals surface area (Å²) in [6.07, 6.45) is 0.913. The van der Waals surface area contributed by atoms with E-state index in [2.05, 4.69) is 9.88 Å². The molecule has 3 aromatic rings. The third-order valence-corrected chi connectivity index (χ3v) is 5.26. The molecule has 0 aliphatic carbocycles. The Bertz CT molecular complexity index is 969. The zero-order valence-electron chi connectivity index (χ0n) is 15.7. The number of imidazole rings is 1. The predicted octanol–water partition coefficient (Wildman–Crippen LogP) is 4.21. The fourth-order valence-corrected chi connectivity index (χ4v) is 3.38. The first kappa shape index (κ1) is 20.6. The molecule has 28 heavy (non-hydrogen) atoms. The van der Waals surface area contributed by atoms with E-state index in [9.17, 15) is 9.90 Å². The highest BCUT2D eigenvalue weighted by Crippen LogP contribution is 2.24. The predicted molar refractivity (Wildman–Crippen MR) is 113 cm³/mol. The standard InChI is InChI=1S/C21H23Cl2N3O2/c1-14(27)6-9-21(28)24-11-10-20-25-18-4-2-3-5-19(18)26(20)13-15-7-8-16(22)17(23)12-15/h2-5,7-8,12,14,27H,6,9-11,13H2,1H3,(H,24,28)/t14-/m0/s1. The number of rotatable bonds is 8. The van der Waals surface area contributed by atoms with Gasteiger partial charge in [0, 0.05) is 25.9 Å². The molecule has 5 nitrogen and oxygen atoms in total. The summed E-state index contributed by atoms with van der Waals surface area (Å²) in [5.74, 6) is 0.830. The minimum Gasteiger partial charge on any atom is -0.393 e. The highest BCUT2D eigenvalue weighted by molar-refractivity contribution is 6.42. The van der Waals surface area contributed by atoms with E-state index in [-0.39, 0.29) is 5.91 Å². The van der Waals surface area contributed by atoms with Crippen LogP contribution in [0.5, 0.6) is 0 Å². The van der Waals surface area contributed by atoms with E-state index in [0.717, 1.165) is 22.4 Å². The number of halogens is 2. The zero-order valence-corrected chi connectivity index (χ0v) is 17.2. The van der Waals surface area contributed by atoms with Crippen LogP contribution >= 0.6 is 23.2 Å². The Morgan fingerprint density at radius 1 is 1.21 bits per heavy atom. The Hall–Kier alpha value is -2.08. The molecule has 0 aliphatic heterocycles. The summed E-state index contributed by atoms with van der Waals surface area (Å²) >= 11 is 12.2. The lowest BCUT2D eigenvalue weighted by molar-refractivity contribution is -0.121. The molecular formula is C21H23Cl2N3O2. The maximum atomic E-state index is 11.9. The molecule has 1 heterocycles. The molecule has 148 valence electrons. The number of hydrogen-bond acceptors (Lipinski definition) is 3. The van der Waals surface area contributed by atoms with Crippen LogP contribution in [-0.2, 0) is 17.8 Å². The van der Waals surface area contributed by atoms with Crippen LogP contribution < -0.4 is 5.32 Å². The van der Waals surface area contributed by atoms with E-state index in [1.165, 1.54) is 0 Å². The quantitative estimate of drug-likeness (QED) is 0.574. The van der Waals surface area contributed by atoms with Gasteiger partial charge in [-0.25, -0.2) is 4.98 Å². The van der Waals surface area contributed by atoms with Crippen LogP contribution in [0, 0.1) is 0 Å². The molecule has 0 bridgehead atoms. The topological polar surface area (TPSA) is 67.2 Å². The van der Waals surface area contributed by atoms with Crippen molar-refractivity contribution >= 4 is 40.1 Å². The Kier molecular flexibility index (Phi) is 6.94. The number of nitrogens with zero attached hydrogens (tertiary/aromatic N) is 2. The summed E-state index contributed by atoms with van der Waals surface area (Å²) in [4.78, 5) is 16.6. The van der Waals surface area contributed by atoms with E-state index < -0.39 is 6.10 Å². The average molecular weight is 420 g/mol. The number of benzene rings is 2. The fraction of sp³-hybridized carbons (Fsp3) is 0.333. The van der Waals surface area contributed by atoms with Crippen molar-refractivity contribution in [3.8, 4) is 0 Å². The number of amides is 1. The van der Waals surface area contributed by atoms with Crippen LogP contribution in [0.25, 0.3) is 11.0 Å². The van der Waals surface area contributed by atoms with Crippen molar-refractivity contribution in [3.63, 3.8) is 0 Å². The van der Waals surface area contributed by atoms with Gasteiger partial charge in [-0.1, -0.05) is 41.4 Å². The molecule has 0 saturated heterocycles. The highest BCUT2D eigenvalue weighted by Gasteiger charge is 2.12. The molecule has 0 saturated carbocycles. The van der Waals surface area contributed by atoms with E-state index in [1.54, 1.807) is 13.0 Å². The van der Waals surface area contributed by atoms with Crippen LogP contribution in [0.3, 0.4) is 0 Å². The lowest BCUT2D eigenvalue weighted by Gasteiger charge is -2.11. The normalized spacial score (nSPS) is 12.3. The van der Waals surface area contributed by atoms with Gasteiger partial charge in [0.15, 0.2) is 0 Å². The van der Waals surface area contributed by atoms with Crippen LogP contribution in [0.2, 0.25) is 10.0 Å². The molecule has 3 rings (SSSR count). The van der Waals surface area contributed by atoms with E-state index in [1.807, 2.05) is 36.4 Å². The number of nitrogens with one attached hydrogen (secondary N) is 1. The van der Waals surface area contributed by atoms with Crippen molar-refractivity contribution in [3.05, 3.63) is 63.9 Å². The second kappa shape index (κ2) is 9.41. The summed E-state index contributed by atoms with van der Waals surface area (Å²) in [6.45, 7) is 2.78. The summed E-state index contributed by atoms with van der Waals surface area (Å²) in [5.41, 5.74) is 2.97. The number of aliphatic hydroxyl groups excluding tert-OH is 1. The molecule has 0 unspecified atom stereocenters. The van der Waals surface area contributed by atoms with Crippen molar-refractivity contribution in [2.45, 2.75) is 38.8 Å². The zero-order chi connectivity index (χ0) is 20.1. The SMILES string of the molecule is C[C@H](O)CCC(=O)NCCc1nc2ccccc2n1Cc1ccc(Cl)c(Cl)c1. The number of carbonyl (C=O) groups excluding carboxylic acids is 1. The van der Waals surface area contributed by atoms with Gasteiger partial charge < -0.3 is 15.0 Å². The van der Waals surface area contributed by atoms with Gasteiger partial charge in [-0.15, -0.1) is 0 Å².